The number of thiazole rings is 1. The van der Waals surface area contributed by atoms with Gasteiger partial charge in [0.05, 0.1) is 25.5 Å². The van der Waals surface area contributed by atoms with Gasteiger partial charge >= 0.3 is 0 Å². The maximum atomic E-state index is 5.41. The summed E-state index contributed by atoms with van der Waals surface area (Å²) in [5.74, 6) is 0.859. The molecule has 0 aromatic carbocycles. The second-order valence-corrected chi connectivity index (χ2v) is 7.11. The van der Waals surface area contributed by atoms with Crippen LogP contribution in [0.3, 0.4) is 0 Å². The molecule has 130 valence electrons. The van der Waals surface area contributed by atoms with Crippen molar-refractivity contribution < 1.29 is 4.74 Å². The van der Waals surface area contributed by atoms with Crippen LogP contribution in [0.2, 0.25) is 0 Å². The van der Waals surface area contributed by atoms with Gasteiger partial charge in [0.1, 0.15) is 5.01 Å². The highest BCUT2D eigenvalue weighted by molar-refractivity contribution is 7.11. The summed E-state index contributed by atoms with van der Waals surface area (Å²) in [6.07, 6.45) is 0. The first-order chi connectivity index (χ1) is 11.1. The van der Waals surface area contributed by atoms with Crippen molar-refractivity contribution in [1.82, 2.24) is 20.5 Å². The van der Waals surface area contributed by atoms with Crippen LogP contribution in [-0.4, -0.2) is 61.3 Å². The van der Waals surface area contributed by atoms with E-state index in [9.17, 15) is 0 Å². The molecule has 2 heterocycles. The molecule has 1 aliphatic rings. The highest BCUT2D eigenvalue weighted by Crippen LogP contribution is 2.16. The molecular weight excluding hydrogens is 310 g/mol. The molecule has 2 N–H and O–H groups in total. The Hall–Kier alpha value is -1.18. The van der Waals surface area contributed by atoms with E-state index in [0.717, 1.165) is 56.1 Å². The maximum absolute atomic E-state index is 5.41. The van der Waals surface area contributed by atoms with E-state index in [1.807, 2.05) is 6.92 Å². The van der Waals surface area contributed by atoms with Gasteiger partial charge in [-0.1, -0.05) is 0 Å². The molecule has 2 rings (SSSR count). The van der Waals surface area contributed by atoms with E-state index in [2.05, 4.69) is 46.3 Å². The van der Waals surface area contributed by atoms with Crippen LogP contribution in [-0.2, 0) is 11.3 Å². The lowest BCUT2D eigenvalue weighted by Crippen LogP contribution is -2.49. The predicted molar refractivity (Wildman–Crippen MR) is 96.3 cm³/mol. The predicted octanol–water partition coefficient (Wildman–Crippen LogP) is 1.54. The topological polar surface area (TPSA) is 61.8 Å². The fourth-order valence-corrected chi connectivity index (χ4v) is 3.35. The van der Waals surface area contributed by atoms with Crippen molar-refractivity contribution in [2.75, 3.05) is 39.4 Å². The minimum absolute atomic E-state index is 0.465. The summed E-state index contributed by atoms with van der Waals surface area (Å²) >= 11 is 1.73. The number of rotatable bonds is 6. The smallest absolute Gasteiger partial charge is 0.191 e. The van der Waals surface area contributed by atoms with Gasteiger partial charge in [-0.3, -0.25) is 4.90 Å². The minimum Gasteiger partial charge on any atom is -0.379 e. The first-order valence-electron chi connectivity index (χ1n) is 8.37. The molecule has 1 aromatic heterocycles. The van der Waals surface area contributed by atoms with Crippen molar-refractivity contribution in [2.45, 2.75) is 40.3 Å². The molecule has 1 atom stereocenters. The first kappa shape index (κ1) is 18.2. The van der Waals surface area contributed by atoms with E-state index in [4.69, 9.17) is 4.74 Å². The van der Waals surface area contributed by atoms with Gasteiger partial charge in [-0.15, -0.1) is 11.3 Å². The highest BCUT2D eigenvalue weighted by Gasteiger charge is 2.17. The van der Waals surface area contributed by atoms with Gasteiger partial charge in [-0.2, -0.15) is 0 Å². The largest absolute Gasteiger partial charge is 0.379 e. The summed E-state index contributed by atoms with van der Waals surface area (Å²) in [4.78, 5) is 12.9. The lowest BCUT2D eigenvalue weighted by Gasteiger charge is -2.32. The van der Waals surface area contributed by atoms with Gasteiger partial charge in [-0.25, -0.2) is 9.98 Å². The Kier molecular flexibility index (Phi) is 7.26. The van der Waals surface area contributed by atoms with Crippen molar-refractivity contribution in [1.29, 1.82) is 0 Å². The van der Waals surface area contributed by atoms with E-state index in [0.29, 0.717) is 12.6 Å². The third kappa shape index (κ3) is 5.75. The third-order valence-electron chi connectivity index (χ3n) is 4.02. The Labute approximate surface area is 143 Å². The van der Waals surface area contributed by atoms with E-state index in [1.54, 1.807) is 11.3 Å². The maximum Gasteiger partial charge on any atom is 0.191 e. The van der Waals surface area contributed by atoms with Crippen LogP contribution in [0.1, 0.15) is 29.4 Å². The molecule has 1 aliphatic heterocycles. The zero-order valence-electron chi connectivity index (χ0n) is 14.7. The number of aliphatic imine (C=N–C) groups is 1. The van der Waals surface area contributed by atoms with Gasteiger partial charge in [0, 0.05) is 37.1 Å². The van der Waals surface area contributed by atoms with Crippen molar-refractivity contribution in [3.05, 3.63) is 15.6 Å². The number of morpholine rings is 1. The standard InChI is InChI=1S/C16H29N5OS/c1-5-17-16(19-11-15-20-13(3)14(4)23-15)18-10-12(2)21-6-8-22-9-7-21/h12H,5-11H2,1-4H3,(H2,17,18,19). The first-order valence-corrected chi connectivity index (χ1v) is 9.18. The number of guanidine groups is 1. The number of nitrogens with zero attached hydrogens (tertiary/aromatic N) is 3. The van der Waals surface area contributed by atoms with E-state index in [1.165, 1.54) is 4.88 Å². The molecule has 1 saturated heterocycles. The molecule has 7 heteroatoms. The molecule has 0 spiro atoms. The van der Waals surface area contributed by atoms with Crippen LogP contribution in [0.5, 0.6) is 0 Å². The number of hydrogen-bond acceptors (Lipinski definition) is 5. The summed E-state index contributed by atoms with van der Waals surface area (Å²) in [5, 5.41) is 7.82. The molecule has 1 unspecified atom stereocenters. The molecule has 1 fully saturated rings. The van der Waals surface area contributed by atoms with Gasteiger partial charge < -0.3 is 15.4 Å². The van der Waals surface area contributed by atoms with Crippen LogP contribution in [0, 0.1) is 13.8 Å². The zero-order chi connectivity index (χ0) is 16.7. The SMILES string of the molecule is CCNC(=NCc1nc(C)c(C)s1)NCC(C)N1CCOCC1. The number of ether oxygens (including phenoxy) is 1. The van der Waals surface area contributed by atoms with E-state index >= 15 is 0 Å². The summed E-state index contributed by atoms with van der Waals surface area (Å²) in [7, 11) is 0. The lowest BCUT2D eigenvalue weighted by molar-refractivity contribution is 0.0211. The third-order valence-corrected chi connectivity index (χ3v) is 5.08. The molecule has 0 aliphatic carbocycles. The van der Waals surface area contributed by atoms with Crippen LogP contribution in [0.15, 0.2) is 4.99 Å². The van der Waals surface area contributed by atoms with Crippen molar-refractivity contribution in [2.24, 2.45) is 4.99 Å². The average Bonchev–Trinajstić information content (AvgIpc) is 2.89. The summed E-state index contributed by atoms with van der Waals surface area (Å²) in [6, 6.07) is 0.465. The summed E-state index contributed by atoms with van der Waals surface area (Å²) < 4.78 is 5.41. The molecule has 0 saturated carbocycles. The molecule has 0 amide bonds. The van der Waals surface area contributed by atoms with Crippen LogP contribution >= 0.6 is 11.3 Å². The second kappa shape index (κ2) is 9.20. The molecule has 23 heavy (non-hydrogen) atoms. The van der Waals surface area contributed by atoms with Crippen LogP contribution < -0.4 is 10.6 Å². The van der Waals surface area contributed by atoms with Gasteiger partial charge in [0.15, 0.2) is 5.96 Å². The normalized spacial score (nSPS) is 18.0. The quantitative estimate of drug-likeness (QED) is 0.608. The lowest BCUT2D eigenvalue weighted by atomic mass is 10.2. The molecule has 6 nitrogen and oxygen atoms in total. The van der Waals surface area contributed by atoms with Crippen LogP contribution in [0.4, 0.5) is 0 Å². The van der Waals surface area contributed by atoms with Crippen molar-refractivity contribution >= 4 is 17.3 Å². The highest BCUT2D eigenvalue weighted by atomic mass is 32.1. The van der Waals surface area contributed by atoms with Gasteiger partial charge in [0.25, 0.3) is 0 Å². The summed E-state index contributed by atoms with van der Waals surface area (Å²) in [5.41, 5.74) is 1.11. The Balaban J connectivity index is 1.85. The Morgan fingerprint density at radius 1 is 1.35 bits per heavy atom. The molecule has 1 aromatic rings. The zero-order valence-corrected chi connectivity index (χ0v) is 15.5. The fraction of sp³-hybridized carbons (Fsp3) is 0.750. The Morgan fingerprint density at radius 2 is 2.09 bits per heavy atom. The number of aromatic nitrogens is 1. The Bertz CT molecular complexity index is 491. The molecule has 0 radical (unpaired) electrons. The van der Waals surface area contributed by atoms with Gasteiger partial charge in [0.2, 0.25) is 0 Å². The molecule has 0 bridgehead atoms. The second-order valence-electron chi connectivity index (χ2n) is 5.82. The number of hydrogen-bond donors (Lipinski definition) is 2. The molecular formula is C16H29N5OS. The van der Waals surface area contributed by atoms with Crippen molar-refractivity contribution in [3.63, 3.8) is 0 Å². The van der Waals surface area contributed by atoms with Crippen LogP contribution in [0.25, 0.3) is 0 Å². The number of nitrogens with one attached hydrogen (secondary N) is 2. The average molecular weight is 340 g/mol. The summed E-state index contributed by atoms with van der Waals surface area (Å²) in [6.45, 7) is 14.5. The minimum atomic E-state index is 0.465. The van der Waals surface area contributed by atoms with Crippen molar-refractivity contribution in [3.8, 4) is 0 Å². The fourth-order valence-electron chi connectivity index (χ4n) is 2.49. The number of aryl methyl sites for hydroxylation is 2. The van der Waals surface area contributed by atoms with E-state index < -0.39 is 0 Å². The van der Waals surface area contributed by atoms with Gasteiger partial charge in [-0.05, 0) is 27.7 Å². The monoisotopic (exact) mass is 339 g/mol. The van der Waals surface area contributed by atoms with E-state index in [-0.39, 0.29) is 0 Å². The Morgan fingerprint density at radius 3 is 2.70 bits per heavy atom.